The molecular weight excluding hydrogens is 512 g/mol. The summed E-state index contributed by atoms with van der Waals surface area (Å²) >= 11 is 0. The third-order valence-electron chi connectivity index (χ3n) is 6.89. The molecule has 0 amide bonds. The maximum atomic E-state index is 12.2. The van der Waals surface area contributed by atoms with Crippen LogP contribution in [0.4, 0.5) is 0 Å². The minimum Gasteiger partial charge on any atom is -0.481 e. The predicted octanol–water partition coefficient (Wildman–Crippen LogP) is 3.87. The zero-order valence-corrected chi connectivity index (χ0v) is 24.0. The third kappa shape index (κ3) is 13.4. The van der Waals surface area contributed by atoms with Gasteiger partial charge in [-0.2, -0.15) is 0 Å². The van der Waals surface area contributed by atoms with E-state index in [-0.39, 0.29) is 56.4 Å². The summed E-state index contributed by atoms with van der Waals surface area (Å²) < 4.78 is 34.8. The van der Waals surface area contributed by atoms with Gasteiger partial charge in [0, 0.05) is 39.0 Å². The number of rotatable bonds is 16. The summed E-state index contributed by atoms with van der Waals surface area (Å²) in [5.74, 6) is -2.24. The van der Waals surface area contributed by atoms with Crippen molar-refractivity contribution in [1.82, 2.24) is 0 Å². The van der Waals surface area contributed by atoms with Crippen molar-refractivity contribution in [2.45, 2.75) is 161 Å². The van der Waals surface area contributed by atoms with Gasteiger partial charge in [-0.25, -0.2) is 0 Å². The molecule has 0 bridgehead atoms. The zero-order valence-electron chi connectivity index (χ0n) is 24.0. The van der Waals surface area contributed by atoms with Crippen molar-refractivity contribution in [3.8, 4) is 0 Å². The highest BCUT2D eigenvalue weighted by atomic mass is 16.7. The number of carboxylic acid groups (broad SMARTS) is 1. The monoisotopic (exact) mass is 560 g/mol. The van der Waals surface area contributed by atoms with Crippen molar-refractivity contribution in [2.75, 3.05) is 0 Å². The lowest BCUT2D eigenvalue weighted by Gasteiger charge is -2.40. The van der Waals surface area contributed by atoms with E-state index in [9.17, 15) is 19.5 Å². The highest BCUT2D eigenvalue weighted by Gasteiger charge is 2.35. The van der Waals surface area contributed by atoms with Gasteiger partial charge in [-0.15, -0.1) is 0 Å². The summed E-state index contributed by atoms with van der Waals surface area (Å²) in [5, 5.41) is 19.7. The molecule has 39 heavy (non-hydrogen) atoms. The van der Waals surface area contributed by atoms with E-state index < -0.39 is 42.5 Å². The van der Waals surface area contributed by atoms with Crippen LogP contribution in [0.25, 0.3) is 0 Å². The first-order valence-electron chi connectivity index (χ1n) is 14.4. The molecule has 11 nitrogen and oxygen atoms in total. The SMILES string of the molecule is CCCC1OC(CC)CC(CC2CC(CC(O)CC(CC(C)OC(C)=O)OC(=O)CCC(=O)O)OC(C)O2)O1. The van der Waals surface area contributed by atoms with Gasteiger partial charge in [-0.05, 0) is 33.1 Å². The molecule has 0 aromatic heterocycles. The van der Waals surface area contributed by atoms with Crippen LogP contribution in [0, 0.1) is 0 Å². The molecule has 0 aromatic carbocycles. The first-order chi connectivity index (χ1) is 18.5. The second-order valence-corrected chi connectivity index (χ2v) is 10.7. The minimum absolute atomic E-state index is 0.0264. The first kappa shape index (κ1) is 33.4. The van der Waals surface area contributed by atoms with Crippen LogP contribution in [0.5, 0.6) is 0 Å². The number of ether oxygens (including phenoxy) is 6. The van der Waals surface area contributed by atoms with Gasteiger partial charge in [-0.3, -0.25) is 14.4 Å². The van der Waals surface area contributed by atoms with Crippen molar-refractivity contribution in [2.24, 2.45) is 0 Å². The maximum absolute atomic E-state index is 12.2. The molecule has 0 aliphatic carbocycles. The number of aliphatic carboxylic acids is 1. The summed E-state index contributed by atoms with van der Waals surface area (Å²) in [6.07, 6.45) is 1.88. The van der Waals surface area contributed by atoms with Gasteiger partial charge in [0.05, 0.1) is 43.4 Å². The minimum atomic E-state index is -1.10. The van der Waals surface area contributed by atoms with Gasteiger partial charge in [-0.1, -0.05) is 20.3 Å². The van der Waals surface area contributed by atoms with Crippen LogP contribution in [-0.2, 0) is 42.8 Å². The Labute approximate surface area is 231 Å². The lowest BCUT2D eigenvalue weighted by Crippen LogP contribution is -2.44. The average molecular weight is 561 g/mol. The Hall–Kier alpha value is -1.79. The number of aliphatic hydroxyl groups is 1. The van der Waals surface area contributed by atoms with E-state index in [1.165, 1.54) is 6.92 Å². The van der Waals surface area contributed by atoms with E-state index in [0.717, 1.165) is 25.7 Å². The van der Waals surface area contributed by atoms with Crippen molar-refractivity contribution in [1.29, 1.82) is 0 Å². The molecule has 0 aromatic rings. The molecule has 2 aliphatic heterocycles. The second-order valence-electron chi connectivity index (χ2n) is 10.7. The van der Waals surface area contributed by atoms with E-state index in [1.807, 2.05) is 6.92 Å². The second kappa shape index (κ2) is 17.1. The molecule has 2 heterocycles. The number of carboxylic acids is 1. The number of carbonyl (C=O) groups excluding carboxylic acids is 2. The van der Waals surface area contributed by atoms with Gasteiger partial charge in [0.15, 0.2) is 12.6 Å². The van der Waals surface area contributed by atoms with Gasteiger partial charge in [0.25, 0.3) is 0 Å². The van der Waals surface area contributed by atoms with Crippen LogP contribution < -0.4 is 0 Å². The largest absolute Gasteiger partial charge is 0.481 e. The van der Waals surface area contributed by atoms with Crippen molar-refractivity contribution >= 4 is 17.9 Å². The van der Waals surface area contributed by atoms with Crippen LogP contribution in [-0.4, -0.2) is 83.4 Å². The van der Waals surface area contributed by atoms with Crippen LogP contribution in [0.2, 0.25) is 0 Å². The van der Waals surface area contributed by atoms with E-state index in [2.05, 4.69) is 13.8 Å². The molecule has 9 atom stereocenters. The number of hydrogen-bond acceptors (Lipinski definition) is 10. The van der Waals surface area contributed by atoms with Gasteiger partial charge < -0.3 is 38.6 Å². The van der Waals surface area contributed by atoms with Gasteiger partial charge in [0.1, 0.15) is 12.2 Å². The van der Waals surface area contributed by atoms with E-state index in [4.69, 9.17) is 33.5 Å². The summed E-state index contributed by atoms with van der Waals surface area (Å²) in [5.41, 5.74) is 0. The Morgan fingerprint density at radius 3 is 2.21 bits per heavy atom. The molecule has 0 saturated carbocycles. The average Bonchev–Trinajstić information content (AvgIpc) is 2.81. The molecule has 11 heteroatoms. The normalized spacial score (nSPS) is 29.7. The fraction of sp³-hybridized carbons (Fsp3) is 0.893. The molecule has 2 aliphatic rings. The molecule has 2 rings (SSSR count). The quantitative estimate of drug-likeness (QED) is 0.265. The molecule has 0 radical (unpaired) electrons. The standard InChI is InChI=1S/C28H48O11/c1-6-8-28-38-21(7-2)14-25(39-28)16-24-15-23(35-19(5)36-24)13-20(30)12-22(11-17(3)34-18(4)29)37-27(33)10-9-26(31)32/h17,19-25,28,30H,6-16H2,1-5H3,(H,31,32). The molecule has 0 spiro atoms. The molecule has 9 unspecified atom stereocenters. The fourth-order valence-electron chi connectivity index (χ4n) is 5.28. The molecule has 2 saturated heterocycles. The lowest BCUT2D eigenvalue weighted by atomic mass is 9.94. The van der Waals surface area contributed by atoms with E-state index >= 15 is 0 Å². The highest BCUT2D eigenvalue weighted by molar-refractivity contribution is 5.76. The number of carbonyl (C=O) groups is 3. The van der Waals surface area contributed by atoms with Crippen molar-refractivity contribution in [3.05, 3.63) is 0 Å². The van der Waals surface area contributed by atoms with E-state index in [1.54, 1.807) is 6.92 Å². The lowest BCUT2D eigenvalue weighted by molar-refractivity contribution is -0.271. The van der Waals surface area contributed by atoms with Gasteiger partial charge >= 0.3 is 17.9 Å². The molecule has 2 N–H and O–H groups in total. The van der Waals surface area contributed by atoms with Gasteiger partial charge in [0.2, 0.25) is 0 Å². The topological polar surface area (TPSA) is 147 Å². The van der Waals surface area contributed by atoms with Crippen molar-refractivity contribution < 1.29 is 53.0 Å². The summed E-state index contributed by atoms with van der Waals surface area (Å²) in [6, 6.07) is 0. The number of aliphatic hydroxyl groups excluding tert-OH is 1. The number of esters is 2. The molecular formula is C28H48O11. The van der Waals surface area contributed by atoms with Crippen LogP contribution in [0.3, 0.4) is 0 Å². The Bertz CT molecular complexity index is 760. The molecule has 2 fully saturated rings. The summed E-state index contributed by atoms with van der Waals surface area (Å²) in [6.45, 7) is 9.02. The van der Waals surface area contributed by atoms with Crippen LogP contribution in [0.15, 0.2) is 0 Å². The number of hydrogen-bond donors (Lipinski definition) is 2. The Morgan fingerprint density at radius 2 is 1.56 bits per heavy atom. The highest BCUT2D eigenvalue weighted by Crippen LogP contribution is 2.31. The van der Waals surface area contributed by atoms with E-state index in [0.29, 0.717) is 19.3 Å². The van der Waals surface area contributed by atoms with Crippen molar-refractivity contribution in [3.63, 3.8) is 0 Å². The van der Waals surface area contributed by atoms with Crippen LogP contribution >= 0.6 is 0 Å². The maximum Gasteiger partial charge on any atom is 0.306 e. The molecule has 226 valence electrons. The third-order valence-corrected chi connectivity index (χ3v) is 6.89. The predicted molar refractivity (Wildman–Crippen MR) is 140 cm³/mol. The summed E-state index contributed by atoms with van der Waals surface area (Å²) in [4.78, 5) is 34.3. The fourth-order valence-corrected chi connectivity index (χ4v) is 5.28. The smallest absolute Gasteiger partial charge is 0.306 e. The summed E-state index contributed by atoms with van der Waals surface area (Å²) in [7, 11) is 0. The Kier molecular flexibility index (Phi) is 14.7. The zero-order chi connectivity index (χ0) is 28.9. The first-order valence-corrected chi connectivity index (χ1v) is 14.4. The Morgan fingerprint density at radius 1 is 0.923 bits per heavy atom. The van der Waals surface area contributed by atoms with Crippen LogP contribution in [0.1, 0.15) is 105 Å². The Balaban J connectivity index is 1.94.